The first-order valence-electron chi connectivity index (χ1n) is 4.42. The number of nitrogens with one attached hydrogen (secondary N) is 1. The van der Waals surface area contributed by atoms with Crippen LogP contribution in [0, 0.1) is 12.7 Å². The molecule has 0 amide bonds. The first-order chi connectivity index (χ1) is 7.33. The van der Waals surface area contributed by atoms with Crippen molar-refractivity contribution in [3.8, 4) is 0 Å². The van der Waals surface area contributed by atoms with Gasteiger partial charge in [0.05, 0.1) is 4.90 Å². The van der Waals surface area contributed by atoms with Gasteiger partial charge >= 0.3 is 0 Å². The highest BCUT2D eigenvalue weighted by Crippen LogP contribution is 2.14. The number of hydrogen-bond acceptors (Lipinski definition) is 2. The third-order valence-electron chi connectivity index (χ3n) is 1.91. The molecular formula is C10H11BrFNO2S. The Morgan fingerprint density at radius 1 is 1.56 bits per heavy atom. The van der Waals surface area contributed by atoms with Crippen LogP contribution in [0.3, 0.4) is 0 Å². The van der Waals surface area contributed by atoms with Crippen molar-refractivity contribution in [3.63, 3.8) is 0 Å². The van der Waals surface area contributed by atoms with Gasteiger partial charge in [-0.15, -0.1) is 0 Å². The van der Waals surface area contributed by atoms with Crippen molar-refractivity contribution in [2.24, 2.45) is 0 Å². The van der Waals surface area contributed by atoms with Crippen LogP contribution in [0.25, 0.3) is 0 Å². The number of aryl methyl sites for hydroxylation is 1. The Labute approximate surface area is 103 Å². The maximum absolute atomic E-state index is 13.2. The zero-order valence-corrected chi connectivity index (χ0v) is 11.0. The molecule has 0 aliphatic rings. The molecule has 0 heterocycles. The summed E-state index contributed by atoms with van der Waals surface area (Å²) in [6.45, 7) is 5.14. The van der Waals surface area contributed by atoms with E-state index in [9.17, 15) is 12.8 Å². The van der Waals surface area contributed by atoms with E-state index in [-0.39, 0.29) is 11.4 Å². The van der Waals surface area contributed by atoms with Gasteiger partial charge in [-0.2, -0.15) is 0 Å². The Morgan fingerprint density at radius 2 is 2.19 bits per heavy atom. The average molecular weight is 308 g/mol. The molecule has 0 atom stereocenters. The van der Waals surface area contributed by atoms with Gasteiger partial charge in [0.2, 0.25) is 10.0 Å². The number of benzene rings is 1. The number of hydrogen-bond donors (Lipinski definition) is 1. The molecule has 1 aromatic carbocycles. The van der Waals surface area contributed by atoms with E-state index in [0.717, 1.165) is 6.07 Å². The lowest BCUT2D eigenvalue weighted by Gasteiger charge is -2.06. The smallest absolute Gasteiger partial charge is 0.207 e. The van der Waals surface area contributed by atoms with Crippen molar-refractivity contribution < 1.29 is 12.8 Å². The minimum atomic E-state index is -3.68. The second-order valence-corrected chi connectivity index (χ2v) is 6.14. The zero-order valence-electron chi connectivity index (χ0n) is 8.63. The van der Waals surface area contributed by atoms with Gasteiger partial charge in [-0.25, -0.2) is 17.5 Å². The van der Waals surface area contributed by atoms with Crippen molar-refractivity contribution in [2.75, 3.05) is 6.54 Å². The largest absolute Gasteiger partial charge is 0.240 e. The topological polar surface area (TPSA) is 46.2 Å². The molecular weight excluding hydrogens is 297 g/mol. The fourth-order valence-corrected chi connectivity index (χ4v) is 2.36. The summed E-state index contributed by atoms with van der Waals surface area (Å²) in [5.41, 5.74) is 0.406. The van der Waals surface area contributed by atoms with Gasteiger partial charge in [-0.1, -0.05) is 28.6 Å². The highest BCUT2D eigenvalue weighted by molar-refractivity contribution is 9.11. The van der Waals surface area contributed by atoms with E-state index < -0.39 is 15.8 Å². The van der Waals surface area contributed by atoms with Gasteiger partial charge in [0.1, 0.15) is 5.82 Å². The minimum absolute atomic E-state index is 0.0673. The lowest BCUT2D eigenvalue weighted by molar-refractivity contribution is 0.580. The summed E-state index contributed by atoms with van der Waals surface area (Å²) >= 11 is 3.03. The van der Waals surface area contributed by atoms with Gasteiger partial charge in [-0.3, -0.25) is 0 Å². The molecule has 0 aliphatic heterocycles. The normalized spacial score (nSPS) is 11.4. The lowest BCUT2D eigenvalue weighted by atomic mass is 10.2. The van der Waals surface area contributed by atoms with Crippen LogP contribution in [-0.2, 0) is 10.0 Å². The van der Waals surface area contributed by atoms with Crippen molar-refractivity contribution >= 4 is 26.0 Å². The van der Waals surface area contributed by atoms with Crippen LogP contribution < -0.4 is 4.72 Å². The molecule has 0 fully saturated rings. The summed E-state index contributed by atoms with van der Waals surface area (Å²) in [4.78, 5) is -0.0932. The second kappa shape index (κ2) is 5.07. The third kappa shape index (κ3) is 3.40. The standard InChI is InChI=1S/C10H11BrFNO2S/c1-7-3-4-9(5-10(7)12)16(14,15)13-6-8(2)11/h3-5,13H,2,6H2,1H3. The van der Waals surface area contributed by atoms with Crippen LogP contribution in [0.4, 0.5) is 4.39 Å². The lowest BCUT2D eigenvalue weighted by Crippen LogP contribution is -2.24. The monoisotopic (exact) mass is 307 g/mol. The number of halogens is 2. The quantitative estimate of drug-likeness (QED) is 0.928. The summed E-state index contributed by atoms with van der Waals surface area (Å²) in [5.74, 6) is -0.541. The summed E-state index contributed by atoms with van der Waals surface area (Å²) in [6.07, 6.45) is 0. The molecule has 0 saturated carbocycles. The van der Waals surface area contributed by atoms with Gasteiger partial charge in [-0.05, 0) is 24.6 Å². The molecule has 6 heteroatoms. The summed E-state index contributed by atoms with van der Waals surface area (Å²) in [7, 11) is -3.68. The summed E-state index contributed by atoms with van der Waals surface area (Å²) < 4.78 is 39.3. The van der Waals surface area contributed by atoms with E-state index in [1.807, 2.05) is 0 Å². The van der Waals surface area contributed by atoms with Crippen LogP contribution in [0.5, 0.6) is 0 Å². The Morgan fingerprint density at radius 3 is 2.69 bits per heavy atom. The van der Waals surface area contributed by atoms with Gasteiger partial charge in [0.25, 0.3) is 0 Å². The van der Waals surface area contributed by atoms with Crippen LogP contribution in [-0.4, -0.2) is 15.0 Å². The molecule has 88 valence electrons. The fraction of sp³-hybridized carbons (Fsp3) is 0.200. The molecule has 1 rings (SSSR count). The van der Waals surface area contributed by atoms with Gasteiger partial charge in [0.15, 0.2) is 0 Å². The van der Waals surface area contributed by atoms with Crippen LogP contribution in [0.2, 0.25) is 0 Å². The molecule has 0 aliphatic carbocycles. The molecule has 0 unspecified atom stereocenters. The number of rotatable bonds is 4. The van der Waals surface area contributed by atoms with Crippen LogP contribution in [0.15, 0.2) is 34.2 Å². The molecule has 1 N–H and O–H groups in total. The van der Waals surface area contributed by atoms with Crippen LogP contribution >= 0.6 is 15.9 Å². The minimum Gasteiger partial charge on any atom is -0.207 e. The van der Waals surface area contributed by atoms with Gasteiger partial charge in [0, 0.05) is 11.0 Å². The predicted octanol–water partition coefficient (Wildman–Crippen LogP) is 2.32. The fourth-order valence-electron chi connectivity index (χ4n) is 0.997. The molecule has 0 radical (unpaired) electrons. The molecule has 16 heavy (non-hydrogen) atoms. The Balaban J connectivity index is 2.99. The maximum Gasteiger partial charge on any atom is 0.240 e. The maximum atomic E-state index is 13.2. The Hall–Kier alpha value is -0.720. The van der Waals surface area contributed by atoms with E-state index in [1.54, 1.807) is 6.92 Å². The third-order valence-corrected chi connectivity index (χ3v) is 3.59. The van der Waals surface area contributed by atoms with Crippen molar-refractivity contribution in [3.05, 3.63) is 40.6 Å². The predicted molar refractivity (Wildman–Crippen MR) is 64.4 cm³/mol. The Bertz CT molecular complexity index is 514. The van der Waals surface area contributed by atoms with E-state index in [0.29, 0.717) is 10.0 Å². The molecule has 0 saturated heterocycles. The first kappa shape index (κ1) is 13.3. The summed E-state index contributed by atoms with van der Waals surface area (Å²) in [6, 6.07) is 3.78. The van der Waals surface area contributed by atoms with Crippen molar-refractivity contribution in [2.45, 2.75) is 11.8 Å². The van der Waals surface area contributed by atoms with Crippen molar-refractivity contribution in [1.29, 1.82) is 0 Å². The molecule has 1 aromatic rings. The van der Waals surface area contributed by atoms with E-state index in [4.69, 9.17) is 0 Å². The highest BCUT2D eigenvalue weighted by atomic mass is 79.9. The van der Waals surface area contributed by atoms with E-state index >= 15 is 0 Å². The molecule has 0 aromatic heterocycles. The summed E-state index contributed by atoms with van der Waals surface area (Å²) in [5, 5.41) is 0. The Kier molecular flexibility index (Phi) is 4.23. The van der Waals surface area contributed by atoms with Crippen LogP contribution in [0.1, 0.15) is 5.56 Å². The number of sulfonamides is 1. The molecule has 3 nitrogen and oxygen atoms in total. The van der Waals surface area contributed by atoms with Gasteiger partial charge < -0.3 is 0 Å². The SMILES string of the molecule is C=C(Br)CNS(=O)(=O)c1ccc(C)c(F)c1. The zero-order chi connectivity index (χ0) is 12.3. The van der Waals surface area contributed by atoms with E-state index in [2.05, 4.69) is 27.2 Å². The molecule has 0 bridgehead atoms. The first-order valence-corrected chi connectivity index (χ1v) is 6.69. The van der Waals surface area contributed by atoms with E-state index in [1.165, 1.54) is 12.1 Å². The average Bonchev–Trinajstić information content (AvgIpc) is 2.19. The highest BCUT2D eigenvalue weighted by Gasteiger charge is 2.14. The van der Waals surface area contributed by atoms with Crippen molar-refractivity contribution in [1.82, 2.24) is 4.72 Å². The molecule has 0 spiro atoms. The second-order valence-electron chi connectivity index (χ2n) is 3.25.